The van der Waals surface area contributed by atoms with Crippen molar-refractivity contribution in [3.05, 3.63) is 87.6 Å². The van der Waals surface area contributed by atoms with Gasteiger partial charge in [0.2, 0.25) is 0 Å². The van der Waals surface area contributed by atoms with Crippen LogP contribution < -0.4 is 5.32 Å². The van der Waals surface area contributed by atoms with E-state index in [1.54, 1.807) is 11.8 Å². The molecule has 0 atom stereocenters. The summed E-state index contributed by atoms with van der Waals surface area (Å²) in [6.07, 6.45) is 1.98. The van der Waals surface area contributed by atoms with E-state index in [9.17, 15) is 4.79 Å². The first-order valence-electron chi connectivity index (χ1n) is 8.36. The van der Waals surface area contributed by atoms with Gasteiger partial charge in [0.25, 0.3) is 5.91 Å². The molecule has 134 valence electrons. The number of thioether (sulfide) groups is 1. The Morgan fingerprint density at radius 2 is 1.73 bits per heavy atom. The summed E-state index contributed by atoms with van der Waals surface area (Å²) in [5, 5.41) is 4.98. The van der Waals surface area contributed by atoms with Gasteiger partial charge >= 0.3 is 0 Å². The number of carbonyl (C=O) groups excluding carboxylic acids is 1. The predicted molar refractivity (Wildman–Crippen MR) is 109 cm³/mol. The van der Waals surface area contributed by atoms with Gasteiger partial charge in [0, 0.05) is 11.4 Å². The highest BCUT2D eigenvalue weighted by molar-refractivity contribution is 7.98. The van der Waals surface area contributed by atoms with Crippen molar-refractivity contribution in [1.82, 2.24) is 5.32 Å². The van der Waals surface area contributed by atoms with E-state index in [2.05, 4.69) is 17.4 Å². The molecule has 0 aliphatic carbocycles. The lowest BCUT2D eigenvalue weighted by Gasteiger charge is -2.11. The monoisotopic (exact) mass is 383 g/mol. The molecule has 0 aliphatic heterocycles. The Morgan fingerprint density at radius 3 is 2.50 bits per heavy atom. The van der Waals surface area contributed by atoms with Gasteiger partial charge in [-0.25, -0.2) is 0 Å². The Kier molecular flexibility index (Phi) is 6.89. The summed E-state index contributed by atoms with van der Waals surface area (Å²) >= 11 is 3.07. The summed E-state index contributed by atoms with van der Waals surface area (Å²) in [6, 6.07) is 20.2. The molecule has 5 heteroatoms. The Labute approximate surface area is 162 Å². The summed E-state index contributed by atoms with van der Waals surface area (Å²) in [5.41, 5.74) is 3.33. The van der Waals surface area contributed by atoms with E-state index in [1.807, 2.05) is 60.2 Å². The zero-order valence-electron chi connectivity index (χ0n) is 14.6. The zero-order chi connectivity index (χ0) is 18.2. The third kappa shape index (κ3) is 4.97. The number of amides is 1. The minimum absolute atomic E-state index is 0.0237. The van der Waals surface area contributed by atoms with Crippen molar-refractivity contribution in [2.24, 2.45) is 0 Å². The fourth-order valence-electron chi connectivity index (χ4n) is 2.60. The number of carbonyl (C=O) groups is 1. The molecule has 1 heterocycles. The second kappa shape index (κ2) is 9.57. The van der Waals surface area contributed by atoms with Crippen molar-refractivity contribution < 1.29 is 9.53 Å². The van der Waals surface area contributed by atoms with E-state index < -0.39 is 0 Å². The fourth-order valence-corrected chi connectivity index (χ4v) is 4.27. The number of ether oxygens (including phenoxy) is 1. The molecule has 3 aromatic rings. The van der Waals surface area contributed by atoms with Crippen LogP contribution in [0.4, 0.5) is 0 Å². The molecule has 3 rings (SSSR count). The molecule has 0 unspecified atom stereocenters. The average molecular weight is 384 g/mol. The van der Waals surface area contributed by atoms with Crippen molar-refractivity contribution in [2.75, 3.05) is 6.26 Å². The molecule has 0 bridgehead atoms. The second-order valence-corrected chi connectivity index (χ2v) is 7.51. The lowest BCUT2D eigenvalue weighted by atomic mass is 10.1. The van der Waals surface area contributed by atoms with Crippen LogP contribution in [0.2, 0.25) is 0 Å². The third-order valence-electron chi connectivity index (χ3n) is 3.98. The topological polar surface area (TPSA) is 38.3 Å². The maximum absolute atomic E-state index is 12.4. The lowest BCUT2D eigenvalue weighted by Crippen LogP contribution is -2.23. The second-order valence-electron chi connectivity index (χ2n) is 5.75. The predicted octanol–water partition coefficient (Wildman–Crippen LogP) is 5.12. The van der Waals surface area contributed by atoms with Crippen LogP contribution in [-0.2, 0) is 24.5 Å². The Balaban J connectivity index is 1.57. The van der Waals surface area contributed by atoms with Crippen LogP contribution in [0.15, 0.2) is 70.9 Å². The van der Waals surface area contributed by atoms with Gasteiger partial charge in [0.15, 0.2) is 0 Å². The highest BCUT2D eigenvalue weighted by Crippen LogP contribution is 2.25. The summed E-state index contributed by atoms with van der Waals surface area (Å²) in [6.45, 7) is 1.60. The van der Waals surface area contributed by atoms with Crippen molar-refractivity contribution in [3.63, 3.8) is 0 Å². The Hall–Kier alpha value is -2.08. The van der Waals surface area contributed by atoms with Gasteiger partial charge in [-0.3, -0.25) is 4.79 Å². The molecule has 2 aromatic carbocycles. The first-order valence-corrected chi connectivity index (χ1v) is 10.5. The van der Waals surface area contributed by atoms with Gasteiger partial charge in [0.1, 0.15) is 4.88 Å². The van der Waals surface area contributed by atoms with Crippen molar-refractivity contribution in [2.45, 2.75) is 24.7 Å². The molecule has 26 heavy (non-hydrogen) atoms. The molecule has 0 aliphatic rings. The molecule has 0 saturated carbocycles. The van der Waals surface area contributed by atoms with E-state index in [-0.39, 0.29) is 5.91 Å². The van der Waals surface area contributed by atoms with Crippen LogP contribution in [0.3, 0.4) is 0 Å². The molecule has 0 spiro atoms. The first-order chi connectivity index (χ1) is 12.8. The van der Waals surface area contributed by atoms with Gasteiger partial charge in [-0.1, -0.05) is 54.6 Å². The van der Waals surface area contributed by atoms with E-state index in [4.69, 9.17) is 4.74 Å². The van der Waals surface area contributed by atoms with Crippen LogP contribution in [0.5, 0.6) is 0 Å². The highest BCUT2D eigenvalue weighted by Gasteiger charge is 2.13. The minimum atomic E-state index is -0.0237. The quantitative estimate of drug-likeness (QED) is 0.549. The van der Waals surface area contributed by atoms with Crippen LogP contribution in [0, 0.1) is 0 Å². The van der Waals surface area contributed by atoms with Crippen LogP contribution in [0.1, 0.15) is 26.4 Å². The lowest BCUT2D eigenvalue weighted by molar-refractivity contribution is 0.0949. The third-order valence-corrected chi connectivity index (χ3v) is 5.80. The molecule has 1 amide bonds. The van der Waals surface area contributed by atoms with E-state index in [0.717, 1.165) is 26.5 Å². The van der Waals surface area contributed by atoms with E-state index in [0.29, 0.717) is 19.8 Å². The first kappa shape index (κ1) is 18.7. The summed E-state index contributed by atoms with van der Waals surface area (Å²) < 4.78 is 5.85. The number of rotatable bonds is 8. The summed E-state index contributed by atoms with van der Waals surface area (Å²) in [5.74, 6) is -0.0237. The zero-order valence-corrected chi connectivity index (χ0v) is 16.2. The summed E-state index contributed by atoms with van der Waals surface area (Å²) in [4.78, 5) is 14.2. The number of thiophene rings is 1. The van der Waals surface area contributed by atoms with E-state index in [1.165, 1.54) is 11.3 Å². The molecule has 1 N–H and O–H groups in total. The maximum atomic E-state index is 12.4. The molecular formula is C21H21NO2S2. The molecule has 0 fully saturated rings. The van der Waals surface area contributed by atoms with Crippen molar-refractivity contribution >= 4 is 29.0 Å². The van der Waals surface area contributed by atoms with Gasteiger partial charge in [-0.2, -0.15) is 0 Å². The van der Waals surface area contributed by atoms with Crippen LogP contribution in [0.25, 0.3) is 0 Å². The smallest absolute Gasteiger partial charge is 0.262 e. The molecule has 0 saturated heterocycles. The molecule has 3 nitrogen and oxygen atoms in total. The van der Waals surface area contributed by atoms with Gasteiger partial charge < -0.3 is 10.1 Å². The SMILES string of the molecule is CSc1ccsc1C(=O)NCc1ccccc1COCc1ccccc1. The highest BCUT2D eigenvalue weighted by atomic mass is 32.2. The Morgan fingerprint density at radius 1 is 1.00 bits per heavy atom. The number of hydrogen-bond donors (Lipinski definition) is 1. The van der Waals surface area contributed by atoms with Crippen LogP contribution in [-0.4, -0.2) is 12.2 Å². The number of hydrogen-bond acceptors (Lipinski definition) is 4. The normalized spacial score (nSPS) is 10.7. The van der Waals surface area contributed by atoms with E-state index >= 15 is 0 Å². The number of benzene rings is 2. The van der Waals surface area contributed by atoms with Crippen molar-refractivity contribution in [3.8, 4) is 0 Å². The molecule has 0 radical (unpaired) electrons. The average Bonchev–Trinajstić information content (AvgIpc) is 3.17. The minimum Gasteiger partial charge on any atom is -0.372 e. The number of nitrogens with one attached hydrogen (secondary N) is 1. The van der Waals surface area contributed by atoms with Crippen molar-refractivity contribution in [1.29, 1.82) is 0 Å². The largest absolute Gasteiger partial charge is 0.372 e. The summed E-state index contributed by atoms with van der Waals surface area (Å²) in [7, 11) is 0. The standard InChI is InChI=1S/C21H21NO2S2/c1-25-19-11-12-26-20(19)21(23)22-13-17-9-5-6-10-18(17)15-24-14-16-7-3-2-4-8-16/h2-12H,13-15H2,1H3,(H,22,23). The molecular weight excluding hydrogens is 362 g/mol. The van der Waals surface area contributed by atoms with Gasteiger partial charge in [-0.05, 0) is 34.4 Å². The van der Waals surface area contributed by atoms with Crippen LogP contribution >= 0.6 is 23.1 Å². The van der Waals surface area contributed by atoms with Gasteiger partial charge in [-0.15, -0.1) is 23.1 Å². The van der Waals surface area contributed by atoms with Gasteiger partial charge in [0.05, 0.1) is 13.2 Å². The fraction of sp³-hybridized carbons (Fsp3) is 0.190. The maximum Gasteiger partial charge on any atom is 0.262 e. The molecule has 1 aromatic heterocycles. The Bertz CT molecular complexity index is 846.